The van der Waals surface area contributed by atoms with Crippen molar-refractivity contribution in [3.05, 3.63) is 72.2 Å². The topological polar surface area (TPSA) is 54.7 Å². The van der Waals surface area contributed by atoms with Gasteiger partial charge in [0.2, 0.25) is 0 Å². The summed E-state index contributed by atoms with van der Waals surface area (Å²) in [7, 11) is 0. The lowest BCUT2D eigenvalue weighted by molar-refractivity contribution is -0.00165. The molecule has 0 radical (unpaired) electrons. The van der Waals surface area contributed by atoms with E-state index < -0.39 is 29.9 Å². The van der Waals surface area contributed by atoms with Gasteiger partial charge in [0.1, 0.15) is 11.4 Å². The fourth-order valence-electron chi connectivity index (χ4n) is 4.47. The van der Waals surface area contributed by atoms with Gasteiger partial charge in [-0.25, -0.2) is 9.18 Å². The summed E-state index contributed by atoms with van der Waals surface area (Å²) in [5.41, 5.74) is 0.982. The minimum absolute atomic E-state index is 0.360. The largest absolute Gasteiger partial charge is 0.444 e. The second-order valence-electron chi connectivity index (χ2n) is 9.16. The molecule has 31 heavy (non-hydrogen) atoms. The van der Waals surface area contributed by atoms with Gasteiger partial charge in [0.15, 0.2) is 0 Å². The molecule has 0 saturated carbocycles. The second kappa shape index (κ2) is 8.35. The van der Waals surface area contributed by atoms with Gasteiger partial charge in [-0.1, -0.05) is 30.3 Å². The van der Waals surface area contributed by atoms with Gasteiger partial charge in [0, 0.05) is 18.3 Å². The summed E-state index contributed by atoms with van der Waals surface area (Å²) in [5, 5.41) is 12.6. The van der Waals surface area contributed by atoms with Gasteiger partial charge >= 0.3 is 6.09 Å². The maximum absolute atomic E-state index is 14.1. The number of nitrogens with zero attached hydrogens (tertiary/aromatic N) is 2. The number of carbonyl (C=O) groups excluding carboxylic acids is 1. The number of aliphatic hydroxyl groups is 1. The molecule has 1 aliphatic heterocycles. The average molecular weight is 425 g/mol. The second-order valence-corrected chi connectivity index (χ2v) is 9.16. The molecule has 1 saturated heterocycles. The quantitative estimate of drug-likeness (QED) is 0.632. The highest BCUT2D eigenvalue weighted by atomic mass is 19.1. The van der Waals surface area contributed by atoms with Crippen molar-refractivity contribution in [2.75, 3.05) is 6.54 Å². The van der Waals surface area contributed by atoms with Gasteiger partial charge in [-0.3, -0.25) is 0 Å². The van der Waals surface area contributed by atoms with E-state index in [1.807, 2.05) is 67.9 Å². The molecule has 5 nitrogen and oxygen atoms in total. The number of aliphatic hydroxyl groups excluding tert-OH is 1. The molecule has 4 rings (SSSR count). The first-order valence-corrected chi connectivity index (χ1v) is 10.7. The van der Waals surface area contributed by atoms with E-state index in [1.165, 1.54) is 12.1 Å². The van der Waals surface area contributed by atoms with Gasteiger partial charge in [-0.05, 0) is 68.8 Å². The van der Waals surface area contributed by atoms with E-state index in [-0.39, 0.29) is 5.82 Å². The Balaban J connectivity index is 1.74. The molecule has 1 amide bonds. The normalized spacial score (nSPS) is 18.9. The van der Waals surface area contributed by atoms with Crippen molar-refractivity contribution in [3.63, 3.8) is 0 Å². The zero-order valence-electron chi connectivity index (χ0n) is 18.2. The van der Waals surface area contributed by atoms with Gasteiger partial charge in [0.05, 0.1) is 18.2 Å². The first kappa shape index (κ1) is 21.4. The molecule has 0 aliphatic carbocycles. The number of para-hydroxylation sites is 1. The monoisotopic (exact) mass is 424 g/mol. The van der Waals surface area contributed by atoms with Crippen molar-refractivity contribution in [2.24, 2.45) is 0 Å². The molecule has 2 heterocycles. The van der Waals surface area contributed by atoms with Crippen LogP contribution in [0.1, 0.15) is 45.2 Å². The molecule has 1 fully saturated rings. The SMILES string of the molecule is CC(C)(C)OC(=O)N1CCCC1C(O)C(c1cccc(F)c1)n1ccc2ccccc21. The summed E-state index contributed by atoms with van der Waals surface area (Å²) in [6.45, 7) is 6.01. The van der Waals surface area contributed by atoms with Crippen LogP contribution >= 0.6 is 0 Å². The number of likely N-dealkylation sites (tertiary alicyclic amines) is 1. The van der Waals surface area contributed by atoms with Crippen molar-refractivity contribution >= 4 is 17.0 Å². The number of hydrogen-bond donors (Lipinski definition) is 1. The Kier molecular flexibility index (Phi) is 5.75. The predicted molar refractivity (Wildman–Crippen MR) is 118 cm³/mol. The predicted octanol–water partition coefficient (Wildman–Crippen LogP) is 5.13. The summed E-state index contributed by atoms with van der Waals surface area (Å²) >= 11 is 0. The lowest BCUT2D eigenvalue weighted by atomic mass is 9.94. The first-order valence-electron chi connectivity index (χ1n) is 10.7. The van der Waals surface area contributed by atoms with E-state index in [1.54, 1.807) is 11.0 Å². The zero-order valence-corrected chi connectivity index (χ0v) is 18.2. The van der Waals surface area contributed by atoms with E-state index in [2.05, 4.69) is 0 Å². The van der Waals surface area contributed by atoms with E-state index in [0.717, 1.165) is 17.3 Å². The average Bonchev–Trinajstić information content (AvgIpc) is 3.35. The number of rotatable bonds is 4. The van der Waals surface area contributed by atoms with Crippen LogP contribution in [-0.4, -0.2) is 45.0 Å². The number of hydrogen-bond acceptors (Lipinski definition) is 3. The molecule has 0 bridgehead atoms. The number of halogens is 1. The van der Waals surface area contributed by atoms with Crippen LogP contribution in [0, 0.1) is 5.82 Å². The highest BCUT2D eigenvalue weighted by Gasteiger charge is 2.40. The van der Waals surface area contributed by atoms with E-state index in [0.29, 0.717) is 18.5 Å². The third-order valence-corrected chi connectivity index (χ3v) is 5.76. The van der Waals surface area contributed by atoms with E-state index in [9.17, 15) is 14.3 Å². The number of benzene rings is 2. The number of fused-ring (bicyclic) bond motifs is 1. The van der Waals surface area contributed by atoms with E-state index in [4.69, 9.17) is 4.74 Å². The molecule has 3 atom stereocenters. The summed E-state index contributed by atoms with van der Waals surface area (Å²) in [4.78, 5) is 14.4. The highest BCUT2D eigenvalue weighted by Crippen LogP contribution is 2.34. The standard InChI is InChI=1S/C25H29FN2O3/c1-25(2,3)31-24(30)28-14-7-12-21(28)23(29)22(18-9-6-10-19(26)16-18)27-15-13-17-8-4-5-11-20(17)27/h4-6,8-11,13,15-16,21-23,29H,7,12,14H2,1-3H3. The molecule has 3 unspecified atom stereocenters. The molecule has 0 spiro atoms. The molecule has 3 aromatic rings. The molecule has 2 aromatic carbocycles. The minimum atomic E-state index is -0.937. The van der Waals surface area contributed by atoms with Crippen molar-refractivity contribution in [1.82, 2.24) is 9.47 Å². The van der Waals surface area contributed by atoms with Crippen LogP contribution < -0.4 is 0 Å². The Morgan fingerprint density at radius 1 is 1.16 bits per heavy atom. The van der Waals surface area contributed by atoms with E-state index >= 15 is 0 Å². The van der Waals surface area contributed by atoms with Crippen LogP contribution in [-0.2, 0) is 4.74 Å². The van der Waals surface area contributed by atoms with Gasteiger partial charge in [-0.15, -0.1) is 0 Å². The van der Waals surface area contributed by atoms with Crippen LogP contribution in [0.2, 0.25) is 0 Å². The maximum atomic E-state index is 14.1. The molecular weight excluding hydrogens is 395 g/mol. The van der Waals surface area contributed by atoms with Crippen LogP contribution in [0.3, 0.4) is 0 Å². The van der Waals surface area contributed by atoms with Gasteiger partial charge < -0.3 is 19.3 Å². The van der Waals surface area contributed by atoms with Crippen molar-refractivity contribution in [3.8, 4) is 0 Å². The summed E-state index contributed by atoms with van der Waals surface area (Å²) in [5.74, 6) is -0.360. The number of aromatic nitrogens is 1. The molecular formula is C25H29FN2O3. The smallest absolute Gasteiger partial charge is 0.410 e. The Morgan fingerprint density at radius 3 is 2.68 bits per heavy atom. The number of ether oxygens (including phenoxy) is 1. The molecule has 1 N–H and O–H groups in total. The van der Waals surface area contributed by atoms with Crippen molar-refractivity contribution in [2.45, 2.75) is 57.4 Å². The van der Waals surface area contributed by atoms with Crippen LogP contribution in [0.25, 0.3) is 10.9 Å². The third-order valence-electron chi connectivity index (χ3n) is 5.76. The Hall–Kier alpha value is -2.86. The third kappa shape index (κ3) is 4.44. The number of carbonyl (C=O) groups is 1. The highest BCUT2D eigenvalue weighted by molar-refractivity contribution is 5.80. The zero-order chi connectivity index (χ0) is 22.2. The number of amides is 1. The van der Waals surface area contributed by atoms with Gasteiger partial charge in [-0.2, -0.15) is 0 Å². The fraction of sp³-hybridized carbons (Fsp3) is 0.400. The molecule has 1 aromatic heterocycles. The van der Waals surface area contributed by atoms with Crippen molar-refractivity contribution in [1.29, 1.82) is 0 Å². The Morgan fingerprint density at radius 2 is 1.94 bits per heavy atom. The van der Waals surface area contributed by atoms with Crippen LogP contribution in [0.15, 0.2) is 60.8 Å². The molecule has 1 aliphatic rings. The van der Waals surface area contributed by atoms with Crippen LogP contribution in [0.5, 0.6) is 0 Å². The molecule has 6 heteroatoms. The Labute approximate surface area is 182 Å². The molecule has 164 valence electrons. The lowest BCUT2D eigenvalue weighted by Crippen LogP contribution is -2.48. The summed E-state index contributed by atoms with van der Waals surface area (Å²) < 4.78 is 21.7. The summed E-state index contributed by atoms with van der Waals surface area (Å²) in [6.07, 6.45) is 1.99. The maximum Gasteiger partial charge on any atom is 0.410 e. The lowest BCUT2D eigenvalue weighted by Gasteiger charge is -2.35. The minimum Gasteiger partial charge on any atom is -0.444 e. The Bertz CT molecular complexity index is 1070. The van der Waals surface area contributed by atoms with Crippen molar-refractivity contribution < 1.29 is 19.0 Å². The summed E-state index contributed by atoms with van der Waals surface area (Å²) in [6, 6.07) is 15.2. The first-order chi connectivity index (χ1) is 14.7. The van der Waals surface area contributed by atoms with Crippen LogP contribution in [0.4, 0.5) is 9.18 Å². The van der Waals surface area contributed by atoms with Gasteiger partial charge in [0.25, 0.3) is 0 Å². The fourth-order valence-corrected chi connectivity index (χ4v) is 4.47.